The third-order valence-electron chi connectivity index (χ3n) is 3.21. The van der Waals surface area contributed by atoms with Gasteiger partial charge in [-0.3, -0.25) is 9.17 Å². The van der Waals surface area contributed by atoms with Crippen LogP contribution in [0.1, 0.15) is 31.4 Å². The average molecular weight is 271 g/mol. The van der Waals surface area contributed by atoms with Gasteiger partial charge in [0.25, 0.3) is 10.1 Å². The number of hydrogen-bond donors (Lipinski definition) is 1. The fourth-order valence-electron chi connectivity index (χ4n) is 2.31. The van der Waals surface area contributed by atoms with Crippen molar-refractivity contribution in [2.75, 3.05) is 6.26 Å². The molecule has 0 saturated heterocycles. The van der Waals surface area contributed by atoms with Crippen LogP contribution in [0.25, 0.3) is 0 Å². The molecule has 2 rings (SSSR count). The fraction of sp³-hybridized carbons (Fsp3) is 0.583. The number of rotatable bonds is 3. The van der Waals surface area contributed by atoms with Crippen LogP contribution < -0.4 is 0 Å². The SMILES string of the molecule is CS(=O)(=O)O[C@H]1CC[C@@](O)(c2ccccn2)CC1. The molecule has 0 aromatic carbocycles. The zero-order chi connectivity index (χ0) is 13.2. The average Bonchev–Trinajstić information content (AvgIpc) is 2.32. The molecule has 0 aliphatic heterocycles. The van der Waals surface area contributed by atoms with Crippen molar-refractivity contribution in [3.8, 4) is 0 Å². The zero-order valence-electron chi connectivity index (χ0n) is 10.2. The lowest BCUT2D eigenvalue weighted by atomic mass is 9.81. The Labute approximate surface area is 107 Å². The van der Waals surface area contributed by atoms with Gasteiger partial charge in [-0.25, -0.2) is 0 Å². The van der Waals surface area contributed by atoms with Crippen molar-refractivity contribution in [2.45, 2.75) is 37.4 Å². The largest absolute Gasteiger partial charge is 0.384 e. The molecule has 1 N–H and O–H groups in total. The van der Waals surface area contributed by atoms with Crippen molar-refractivity contribution in [3.05, 3.63) is 30.1 Å². The minimum Gasteiger partial charge on any atom is -0.384 e. The number of pyridine rings is 1. The topological polar surface area (TPSA) is 76.5 Å². The predicted octanol–water partition coefficient (Wildman–Crippen LogP) is 1.19. The second-order valence-electron chi connectivity index (χ2n) is 4.75. The van der Waals surface area contributed by atoms with E-state index in [-0.39, 0.29) is 6.10 Å². The molecular weight excluding hydrogens is 254 g/mol. The quantitative estimate of drug-likeness (QED) is 0.836. The lowest BCUT2D eigenvalue weighted by Crippen LogP contribution is -2.35. The van der Waals surface area contributed by atoms with Crippen LogP contribution in [0.2, 0.25) is 0 Å². The molecule has 0 atom stereocenters. The van der Waals surface area contributed by atoms with E-state index in [4.69, 9.17) is 4.18 Å². The van der Waals surface area contributed by atoms with Gasteiger partial charge >= 0.3 is 0 Å². The van der Waals surface area contributed by atoms with E-state index < -0.39 is 15.7 Å². The second-order valence-corrected chi connectivity index (χ2v) is 6.35. The summed E-state index contributed by atoms with van der Waals surface area (Å²) in [7, 11) is -3.42. The van der Waals surface area contributed by atoms with Crippen molar-refractivity contribution in [1.82, 2.24) is 4.98 Å². The van der Waals surface area contributed by atoms with E-state index in [0.29, 0.717) is 31.4 Å². The van der Waals surface area contributed by atoms with E-state index in [0.717, 1.165) is 6.26 Å². The summed E-state index contributed by atoms with van der Waals surface area (Å²) in [4.78, 5) is 4.16. The highest BCUT2D eigenvalue weighted by molar-refractivity contribution is 7.86. The van der Waals surface area contributed by atoms with Crippen LogP contribution in [0.5, 0.6) is 0 Å². The number of hydrogen-bond acceptors (Lipinski definition) is 5. The van der Waals surface area contributed by atoms with Crippen molar-refractivity contribution >= 4 is 10.1 Å². The van der Waals surface area contributed by atoms with Crippen molar-refractivity contribution in [3.63, 3.8) is 0 Å². The van der Waals surface area contributed by atoms with Crippen molar-refractivity contribution in [2.24, 2.45) is 0 Å². The minimum atomic E-state index is -3.42. The van der Waals surface area contributed by atoms with E-state index in [1.807, 2.05) is 6.07 Å². The van der Waals surface area contributed by atoms with E-state index in [9.17, 15) is 13.5 Å². The van der Waals surface area contributed by atoms with E-state index in [1.54, 1.807) is 18.3 Å². The maximum absolute atomic E-state index is 11.0. The summed E-state index contributed by atoms with van der Waals surface area (Å²) in [5, 5.41) is 10.5. The molecule has 1 heterocycles. The number of aliphatic hydroxyl groups is 1. The molecule has 1 fully saturated rings. The molecule has 1 saturated carbocycles. The van der Waals surface area contributed by atoms with Crippen LogP contribution in [0.4, 0.5) is 0 Å². The van der Waals surface area contributed by atoms with Crippen LogP contribution in [-0.2, 0) is 19.9 Å². The first-order valence-electron chi connectivity index (χ1n) is 5.91. The summed E-state index contributed by atoms with van der Waals surface area (Å²) in [6, 6.07) is 5.42. The summed E-state index contributed by atoms with van der Waals surface area (Å²) in [5.74, 6) is 0. The molecule has 0 radical (unpaired) electrons. The summed E-state index contributed by atoms with van der Waals surface area (Å²) in [6.45, 7) is 0. The van der Waals surface area contributed by atoms with Gasteiger partial charge in [0.1, 0.15) is 5.60 Å². The molecule has 5 nitrogen and oxygen atoms in total. The summed E-state index contributed by atoms with van der Waals surface area (Å²) in [6.07, 6.45) is 4.32. The summed E-state index contributed by atoms with van der Waals surface area (Å²) >= 11 is 0. The second kappa shape index (κ2) is 4.95. The monoisotopic (exact) mass is 271 g/mol. The van der Waals surface area contributed by atoms with Gasteiger partial charge in [0, 0.05) is 6.20 Å². The molecule has 1 aromatic rings. The highest BCUT2D eigenvalue weighted by atomic mass is 32.2. The Hall–Kier alpha value is -0.980. The Morgan fingerprint density at radius 3 is 2.56 bits per heavy atom. The molecule has 6 heteroatoms. The maximum Gasteiger partial charge on any atom is 0.264 e. The first-order valence-corrected chi connectivity index (χ1v) is 7.73. The Kier molecular flexibility index (Phi) is 3.70. The van der Waals surface area contributed by atoms with Gasteiger partial charge in [-0.2, -0.15) is 8.42 Å². The Morgan fingerprint density at radius 2 is 2.06 bits per heavy atom. The molecule has 0 amide bonds. The van der Waals surface area contributed by atoms with Crippen LogP contribution in [0.15, 0.2) is 24.4 Å². The summed E-state index contributed by atoms with van der Waals surface area (Å²) in [5.41, 5.74) is -0.318. The molecule has 1 aliphatic rings. The Balaban J connectivity index is 2.02. The van der Waals surface area contributed by atoms with Gasteiger partial charge in [-0.05, 0) is 37.8 Å². The van der Waals surface area contributed by atoms with Gasteiger partial charge in [-0.15, -0.1) is 0 Å². The first-order chi connectivity index (χ1) is 8.39. The van der Waals surface area contributed by atoms with Crippen molar-refractivity contribution < 1.29 is 17.7 Å². The maximum atomic E-state index is 11.0. The van der Waals surface area contributed by atoms with Gasteiger partial charge in [-0.1, -0.05) is 6.07 Å². The molecule has 0 spiro atoms. The van der Waals surface area contributed by atoms with Gasteiger partial charge in [0.05, 0.1) is 18.1 Å². The number of aromatic nitrogens is 1. The van der Waals surface area contributed by atoms with E-state index in [2.05, 4.69) is 4.98 Å². The minimum absolute atomic E-state index is 0.330. The van der Waals surface area contributed by atoms with Gasteiger partial charge < -0.3 is 5.11 Å². The predicted molar refractivity (Wildman–Crippen MR) is 66.3 cm³/mol. The first kappa shape index (κ1) is 13.5. The van der Waals surface area contributed by atoms with Crippen LogP contribution in [0.3, 0.4) is 0 Å². The molecule has 100 valence electrons. The van der Waals surface area contributed by atoms with Gasteiger partial charge in [0.15, 0.2) is 0 Å². The highest BCUT2D eigenvalue weighted by Gasteiger charge is 2.37. The lowest BCUT2D eigenvalue weighted by Gasteiger charge is -2.34. The van der Waals surface area contributed by atoms with E-state index >= 15 is 0 Å². The van der Waals surface area contributed by atoms with Crippen LogP contribution >= 0.6 is 0 Å². The normalized spacial score (nSPS) is 29.1. The van der Waals surface area contributed by atoms with Crippen LogP contribution in [-0.4, -0.2) is 30.9 Å². The smallest absolute Gasteiger partial charge is 0.264 e. The standard InChI is InChI=1S/C12H17NO4S/c1-18(15,16)17-10-5-7-12(14,8-6-10)11-4-2-3-9-13-11/h2-4,9-10,14H,5-8H2,1H3/t10-,12-. The third kappa shape index (κ3) is 3.28. The highest BCUT2D eigenvalue weighted by Crippen LogP contribution is 2.37. The Morgan fingerprint density at radius 1 is 1.39 bits per heavy atom. The molecule has 0 unspecified atom stereocenters. The molecule has 0 bridgehead atoms. The molecule has 1 aliphatic carbocycles. The fourth-order valence-corrected chi connectivity index (χ4v) is 2.99. The van der Waals surface area contributed by atoms with E-state index in [1.165, 1.54) is 0 Å². The van der Waals surface area contributed by atoms with Crippen LogP contribution in [0, 0.1) is 0 Å². The van der Waals surface area contributed by atoms with Gasteiger partial charge in [0.2, 0.25) is 0 Å². The molecular formula is C12H17NO4S. The molecule has 18 heavy (non-hydrogen) atoms. The summed E-state index contributed by atoms with van der Waals surface area (Å²) < 4.78 is 27.0. The molecule has 1 aromatic heterocycles. The Bertz CT molecular complexity index is 492. The lowest BCUT2D eigenvalue weighted by molar-refractivity contribution is -0.0322. The number of nitrogens with zero attached hydrogens (tertiary/aromatic N) is 1. The zero-order valence-corrected chi connectivity index (χ0v) is 11.1. The van der Waals surface area contributed by atoms with Crippen molar-refractivity contribution in [1.29, 1.82) is 0 Å². The third-order valence-corrected chi connectivity index (χ3v) is 3.83.